The second-order valence-corrected chi connectivity index (χ2v) is 8.97. The smallest absolute Gasteiger partial charge is 0.250 e. The molecule has 0 saturated heterocycles. The van der Waals surface area contributed by atoms with Crippen molar-refractivity contribution in [3.63, 3.8) is 0 Å². The van der Waals surface area contributed by atoms with Gasteiger partial charge in [0.15, 0.2) is 0 Å². The van der Waals surface area contributed by atoms with Gasteiger partial charge in [-0.1, -0.05) is 13.8 Å². The molecule has 0 aliphatic rings. The van der Waals surface area contributed by atoms with Crippen LogP contribution in [0, 0.1) is 5.92 Å². The molecule has 1 aromatic rings. The third-order valence-corrected chi connectivity index (χ3v) is 6.21. The van der Waals surface area contributed by atoms with Crippen LogP contribution in [0.1, 0.15) is 38.0 Å². The Morgan fingerprint density at radius 2 is 1.96 bits per heavy atom. The third kappa shape index (κ3) is 8.98. The van der Waals surface area contributed by atoms with E-state index in [0.29, 0.717) is 42.6 Å². The van der Waals surface area contributed by atoms with Crippen molar-refractivity contribution in [2.75, 3.05) is 19.6 Å². The van der Waals surface area contributed by atoms with Gasteiger partial charge in [0.1, 0.15) is 4.21 Å². The summed E-state index contributed by atoms with van der Waals surface area (Å²) in [4.78, 5) is 12.5. The van der Waals surface area contributed by atoms with Crippen molar-refractivity contribution in [1.29, 1.82) is 0 Å². The van der Waals surface area contributed by atoms with E-state index >= 15 is 0 Å². The van der Waals surface area contributed by atoms with Crippen molar-refractivity contribution >= 4 is 39.7 Å². The van der Waals surface area contributed by atoms with Crippen LogP contribution in [0.3, 0.4) is 0 Å². The minimum atomic E-state index is -3.44. The fourth-order valence-electron chi connectivity index (χ4n) is 1.95. The number of nitrogens with two attached hydrogens (primary N) is 1. The van der Waals surface area contributed by atoms with Gasteiger partial charge in [0, 0.05) is 24.4 Å². The fourth-order valence-corrected chi connectivity index (χ4v) is 4.43. The molecule has 1 aromatic heterocycles. The molecule has 0 bridgehead atoms. The number of nitrogens with one attached hydrogen (secondary N) is 2. The molecule has 0 aromatic carbocycles. The van der Waals surface area contributed by atoms with E-state index in [0.717, 1.165) is 17.7 Å². The molecule has 9 heteroatoms. The van der Waals surface area contributed by atoms with Crippen molar-refractivity contribution in [2.45, 2.75) is 43.7 Å². The van der Waals surface area contributed by atoms with E-state index in [1.54, 1.807) is 12.1 Å². The third-order valence-electron chi connectivity index (χ3n) is 3.11. The predicted molar refractivity (Wildman–Crippen MR) is 101 cm³/mol. The zero-order valence-corrected chi connectivity index (χ0v) is 16.7. The normalized spacial score (nSPS) is 11.3. The molecule has 0 fully saturated rings. The largest absolute Gasteiger partial charge is 0.356 e. The van der Waals surface area contributed by atoms with Crippen LogP contribution in [-0.2, 0) is 21.2 Å². The van der Waals surface area contributed by atoms with Crippen LogP contribution in [-0.4, -0.2) is 34.0 Å². The van der Waals surface area contributed by atoms with Gasteiger partial charge in [-0.2, -0.15) is 0 Å². The van der Waals surface area contributed by atoms with Crippen LogP contribution >= 0.6 is 23.7 Å². The zero-order chi connectivity index (χ0) is 17.3. The molecule has 1 heterocycles. The highest BCUT2D eigenvalue weighted by Gasteiger charge is 2.16. The van der Waals surface area contributed by atoms with E-state index in [9.17, 15) is 13.2 Å². The van der Waals surface area contributed by atoms with E-state index in [-0.39, 0.29) is 18.3 Å². The lowest BCUT2D eigenvalue weighted by Crippen LogP contribution is -2.26. The van der Waals surface area contributed by atoms with Gasteiger partial charge >= 0.3 is 0 Å². The fraction of sp³-hybridized carbons (Fsp3) is 0.667. The molecular weight excluding hydrogens is 370 g/mol. The lowest BCUT2D eigenvalue weighted by Gasteiger charge is -2.06. The summed E-state index contributed by atoms with van der Waals surface area (Å²) < 4.78 is 27.1. The molecule has 0 spiro atoms. The Kier molecular flexibility index (Phi) is 11.5. The van der Waals surface area contributed by atoms with Crippen molar-refractivity contribution in [2.24, 2.45) is 11.7 Å². The monoisotopic (exact) mass is 397 g/mol. The first-order valence-electron chi connectivity index (χ1n) is 7.90. The highest BCUT2D eigenvalue weighted by Crippen LogP contribution is 2.21. The summed E-state index contributed by atoms with van der Waals surface area (Å²) in [5.41, 5.74) is 5.38. The quantitative estimate of drug-likeness (QED) is 0.496. The van der Waals surface area contributed by atoms with E-state index < -0.39 is 10.0 Å². The summed E-state index contributed by atoms with van der Waals surface area (Å²) in [7, 11) is -3.44. The highest BCUT2D eigenvalue weighted by atomic mass is 35.5. The standard InChI is InChI=1S/C15H27N3O3S2.ClH/c1-12(2)11-14(19)17-10-7-13-5-6-15(22-13)23(20,21)18-9-4-3-8-16;/h5-6,12,18H,3-4,7-11,16H2,1-2H3,(H,17,19);1H. The van der Waals surface area contributed by atoms with E-state index in [4.69, 9.17) is 5.73 Å². The molecule has 0 unspecified atom stereocenters. The Morgan fingerprint density at radius 3 is 2.58 bits per heavy atom. The van der Waals surface area contributed by atoms with Gasteiger partial charge in [0.2, 0.25) is 15.9 Å². The van der Waals surface area contributed by atoms with E-state index in [2.05, 4.69) is 10.0 Å². The van der Waals surface area contributed by atoms with Gasteiger partial charge in [-0.05, 0) is 43.9 Å². The SMILES string of the molecule is CC(C)CC(=O)NCCc1ccc(S(=O)(=O)NCCCCN)s1.Cl. The zero-order valence-electron chi connectivity index (χ0n) is 14.2. The second-order valence-electron chi connectivity index (χ2n) is 5.81. The first-order chi connectivity index (χ1) is 10.8. The molecule has 6 nitrogen and oxygen atoms in total. The number of carbonyl (C=O) groups is 1. The molecule has 1 rings (SSSR count). The number of carbonyl (C=O) groups excluding carboxylic acids is 1. The van der Waals surface area contributed by atoms with Gasteiger partial charge in [-0.15, -0.1) is 23.7 Å². The van der Waals surface area contributed by atoms with Crippen LogP contribution in [0.15, 0.2) is 16.3 Å². The van der Waals surface area contributed by atoms with Gasteiger partial charge in [-0.3, -0.25) is 4.79 Å². The maximum Gasteiger partial charge on any atom is 0.250 e. The summed E-state index contributed by atoms with van der Waals surface area (Å²) in [6.07, 6.45) is 2.68. The Labute approximate surface area is 155 Å². The number of hydrogen-bond acceptors (Lipinski definition) is 5. The Morgan fingerprint density at radius 1 is 1.25 bits per heavy atom. The number of halogens is 1. The predicted octanol–water partition coefficient (Wildman–Crippen LogP) is 1.89. The second kappa shape index (κ2) is 11.8. The Balaban J connectivity index is 0.00000529. The molecule has 0 atom stereocenters. The van der Waals surface area contributed by atoms with Crippen molar-refractivity contribution in [1.82, 2.24) is 10.0 Å². The number of hydrogen-bond donors (Lipinski definition) is 3. The Hall–Kier alpha value is -0.670. The average molecular weight is 398 g/mol. The summed E-state index contributed by atoms with van der Waals surface area (Å²) in [6.45, 7) is 5.48. The average Bonchev–Trinajstić information content (AvgIpc) is 2.92. The minimum Gasteiger partial charge on any atom is -0.356 e. The highest BCUT2D eigenvalue weighted by molar-refractivity contribution is 7.91. The maximum atomic E-state index is 12.1. The van der Waals surface area contributed by atoms with Crippen LogP contribution in [0.4, 0.5) is 0 Å². The molecular formula is C15H28ClN3O3S2. The lowest BCUT2D eigenvalue weighted by molar-refractivity contribution is -0.121. The molecule has 0 aliphatic heterocycles. The van der Waals surface area contributed by atoms with E-state index in [1.807, 2.05) is 13.8 Å². The maximum absolute atomic E-state index is 12.1. The molecule has 24 heavy (non-hydrogen) atoms. The molecule has 140 valence electrons. The summed E-state index contributed by atoms with van der Waals surface area (Å²) in [5.74, 6) is 0.366. The van der Waals surface area contributed by atoms with Crippen LogP contribution in [0.2, 0.25) is 0 Å². The van der Waals surface area contributed by atoms with Crippen LogP contribution < -0.4 is 15.8 Å². The van der Waals surface area contributed by atoms with Crippen molar-refractivity contribution < 1.29 is 13.2 Å². The number of amides is 1. The molecule has 1 amide bonds. The number of sulfonamides is 1. The van der Waals surface area contributed by atoms with Gasteiger partial charge in [0.25, 0.3) is 0 Å². The lowest BCUT2D eigenvalue weighted by atomic mass is 10.1. The molecule has 0 saturated carbocycles. The first-order valence-corrected chi connectivity index (χ1v) is 10.2. The Bertz CT molecular complexity index is 589. The topological polar surface area (TPSA) is 101 Å². The van der Waals surface area contributed by atoms with E-state index in [1.165, 1.54) is 11.3 Å². The van der Waals surface area contributed by atoms with Crippen molar-refractivity contribution in [3.05, 3.63) is 17.0 Å². The van der Waals surface area contributed by atoms with Gasteiger partial charge in [-0.25, -0.2) is 13.1 Å². The first kappa shape index (κ1) is 23.3. The van der Waals surface area contributed by atoms with Gasteiger partial charge < -0.3 is 11.1 Å². The summed E-state index contributed by atoms with van der Waals surface area (Å²) in [6, 6.07) is 3.41. The summed E-state index contributed by atoms with van der Waals surface area (Å²) in [5, 5.41) is 2.85. The minimum absolute atomic E-state index is 0. The summed E-state index contributed by atoms with van der Waals surface area (Å²) >= 11 is 1.24. The van der Waals surface area contributed by atoms with Crippen LogP contribution in [0.5, 0.6) is 0 Å². The van der Waals surface area contributed by atoms with Gasteiger partial charge in [0.05, 0.1) is 0 Å². The molecule has 4 N–H and O–H groups in total. The molecule has 0 radical (unpaired) electrons. The number of rotatable bonds is 11. The number of unbranched alkanes of at least 4 members (excludes halogenated alkanes) is 1. The number of thiophene rings is 1. The molecule has 0 aliphatic carbocycles. The van der Waals surface area contributed by atoms with Crippen LogP contribution in [0.25, 0.3) is 0 Å². The van der Waals surface area contributed by atoms with Crippen molar-refractivity contribution in [3.8, 4) is 0 Å².